The molecule has 0 spiro atoms. The average molecular weight is 307 g/mol. The number of rotatable bonds is 2. The van der Waals surface area contributed by atoms with E-state index in [1.165, 1.54) is 11.9 Å². The van der Waals surface area contributed by atoms with Gasteiger partial charge in [-0.3, -0.25) is 14.4 Å². The number of aromatic nitrogens is 1. The van der Waals surface area contributed by atoms with Gasteiger partial charge in [0.15, 0.2) is 5.60 Å². The molecule has 7 nitrogen and oxygen atoms in total. The fraction of sp³-hybridized carbons (Fsp3) is 0.533. The number of amides is 2. The van der Waals surface area contributed by atoms with E-state index >= 15 is 0 Å². The van der Waals surface area contributed by atoms with Crippen molar-refractivity contribution in [1.29, 1.82) is 0 Å². The molecule has 22 heavy (non-hydrogen) atoms. The highest BCUT2D eigenvalue weighted by molar-refractivity contribution is 5.95. The Hall–Kier alpha value is -2.15. The van der Waals surface area contributed by atoms with Crippen molar-refractivity contribution in [3.63, 3.8) is 0 Å². The van der Waals surface area contributed by atoms with Gasteiger partial charge in [-0.15, -0.1) is 0 Å². The van der Waals surface area contributed by atoms with Crippen LogP contribution >= 0.6 is 0 Å². The number of carbonyl (C=O) groups is 2. The van der Waals surface area contributed by atoms with Gasteiger partial charge in [0.2, 0.25) is 0 Å². The lowest BCUT2D eigenvalue weighted by Crippen LogP contribution is -2.59. The number of ether oxygens (including phenoxy) is 1. The van der Waals surface area contributed by atoms with Gasteiger partial charge in [-0.05, 0) is 32.4 Å². The summed E-state index contributed by atoms with van der Waals surface area (Å²) < 4.78 is 5.52. The molecule has 0 unspecified atom stereocenters. The zero-order chi connectivity index (χ0) is 16.5. The molecule has 0 bridgehead atoms. The first-order valence-corrected chi connectivity index (χ1v) is 7.14. The molecular formula is C15H21N3O4. The van der Waals surface area contributed by atoms with E-state index in [2.05, 4.69) is 10.3 Å². The molecule has 120 valence electrons. The van der Waals surface area contributed by atoms with Crippen LogP contribution in [0.3, 0.4) is 0 Å². The fourth-order valence-corrected chi connectivity index (χ4v) is 2.50. The van der Waals surface area contributed by atoms with Crippen molar-refractivity contribution in [3.8, 4) is 0 Å². The van der Waals surface area contributed by atoms with Crippen molar-refractivity contribution in [2.75, 3.05) is 26.7 Å². The second kappa shape index (κ2) is 5.92. The summed E-state index contributed by atoms with van der Waals surface area (Å²) in [4.78, 5) is 40.7. The first-order chi connectivity index (χ1) is 10.3. The van der Waals surface area contributed by atoms with Gasteiger partial charge in [-0.2, -0.15) is 0 Å². The molecule has 2 heterocycles. The molecule has 1 atom stereocenters. The number of pyridine rings is 1. The van der Waals surface area contributed by atoms with Gasteiger partial charge in [-0.25, -0.2) is 0 Å². The van der Waals surface area contributed by atoms with E-state index in [-0.39, 0.29) is 30.5 Å². The van der Waals surface area contributed by atoms with Gasteiger partial charge in [0, 0.05) is 19.3 Å². The summed E-state index contributed by atoms with van der Waals surface area (Å²) in [7, 11) is 1.52. The molecule has 1 aliphatic heterocycles. The monoisotopic (exact) mass is 307 g/mol. The Morgan fingerprint density at radius 3 is 2.73 bits per heavy atom. The van der Waals surface area contributed by atoms with E-state index in [1.54, 1.807) is 19.9 Å². The molecule has 0 aromatic carbocycles. The molecule has 2 rings (SSSR count). The molecule has 0 saturated carbocycles. The molecule has 1 aromatic heterocycles. The summed E-state index contributed by atoms with van der Waals surface area (Å²) in [5, 5.41) is 2.53. The number of nitrogens with zero attached hydrogens (tertiary/aromatic N) is 1. The number of H-pyrrole nitrogens is 1. The van der Waals surface area contributed by atoms with Gasteiger partial charge in [-0.1, -0.05) is 0 Å². The predicted octanol–water partition coefficient (Wildman–Crippen LogP) is -0.0312. The van der Waals surface area contributed by atoms with E-state index in [1.807, 2.05) is 6.92 Å². The van der Waals surface area contributed by atoms with E-state index in [9.17, 15) is 14.4 Å². The number of aryl methyl sites for hydroxylation is 2. The number of hydrogen-bond acceptors (Lipinski definition) is 4. The van der Waals surface area contributed by atoms with Crippen LogP contribution in [-0.2, 0) is 9.53 Å². The predicted molar refractivity (Wildman–Crippen MR) is 80.9 cm³/mol. The Morgan fingerprint density at radius 1 is 1.41 bits per heavy atom. The topological polar surface area (TPSA) is 91.5 Å². The van der Waals surface area contributed by atoms with E-state index in [4.69, 9.17) is 4.74 Å². The summed E-state index contributed by atoms with van der Waals surface area (Å²) in [5.74, 6) is -0.679. The third kappa shape index (κ3) is 2.89. The molecule has 1 aromatic rings. The quantitative estimate of drug-likeness (QED) is 0.802. The molecular weight excluding hydrogens is 286 g/mol. The Morgan fingerprint density at radius 2 is 2.09 bits per heavy atom. The highest BCUT2D eigenvalue weighted by Gasteiger charge is 2.40. The van der Waals surface area contributed by atoms with Crippen molar-refractivity contribution in [3.05, 3.63) is 33.2 Å². The van der Waals surface area contributed by atoms with Crippen LogP contribution in [0.25, 0.3) is 0 Å². The fourth-order valence-electron chi connectivity index (χ4n) is 2.50. The number of hydrogen-bond donors (Lipinski definition) is 2. The maximum Gasteiger partial charge on any atom is 0.261 e. The van der Waals surface area contributed by atoms with Gasteiger partial charge in [0.1, 0.15) is 5.56 Å². The van der Waals surface area contributed by atoms with E-state index in [0.29, 0.717) is 6.54 Å². The van der Waals surface area contributed by atoms with Gasteiger partial charge in [0.25, 0.3) is 17.4 Å². The van der Waals surface area contributed by atoms with Crippen molar-refractivity contribution in [2.24, 2.45) is 0 Å². The lowest BCUT2D eigenvalue weighted by molar-refractivity contribution is -0.153. The summed E-state index contributed by atoms with van der Waals surface area (Å²) in [6.45, 7) is 5.95. The first-order valence-electron chi connectivity index (χ1n) is 7.14. The Labute approximate surface area is 128 Å². The highest BCUT2D eigenvalue weighted by atomic mass is 16.5. The smallest absolute Gasteiger partial charge is 0.261 e. The maximum absolute atomic E-state index is 12.6. The minimum atomic E-state index is -1.10. The number of nitrogens with one attached hydrogen (secondary N) is 2. The summed E-state index contributed by atoms with van der Waals surface area (Å²) in [6.07, 6.45) is 0. The maximum atomic E-state index is 12.6. The van der Waals surface area contributed by atoms with Crippen LogP contribution in [-0.4, -0.2) is 54.0 Å². The number of aromatic amines is 1. The average Bonchev–Trinajstić information content (AvgIpc) is 2.49. The van der Waals surface area contributed by atoms with E-state index < -0.39 is 11.2 Å². The van der Waals surface area contributed by atoms with Gasteiger partial charge < -0.3 is 19.9 Å². The van der Waals surface area contributed by atoms with Crippen LogP contribution in [0.2, 0.25) is 0 Å². The summed E-state index contributed by atoms with van der Waals surface area (Å²) in [5.41, 5.74) is 0.143. The second-order valence-corrected chi connectivity index (χ2v) is 5.71. The molecule has 0 aliphatic carbocycles. The molecule has 1 fully saturated rings. The minimum absolute atomic E-state index is 0.0873. The SMILES string of the molecule is CNC(=O)[C@@]1(C)CN(C(=O)c2cc(C)c(C)[nH]c2=O)CCO1. The lowest BCUT2D eigenvalue weighted by atomic mass is 10.0. The van der Waals surface area contributed by atoms with Crippen LogP contribution in [0.5, 0.6) is 0 Å². The third-order valence-corrected chi connectivity index (χ3v) is 4.00. The molecule has 2 amide bonds. The number of morpholine rings is 1. The third-order valence-electron chi connectivity index (χ3n) is 4.00. The normalized spacial score (nSPS) is 21.5. The molecule has 1 aliphatic rings. The summed E-state index contributed by atoms with van der Waals surface area (Å²) in [6, 6.07) is 1.59. The first kappa shape index (κ1) is 16.2. The van der Waals surface area contributed by atoms with Crippen LogP contribution in [0.15, 0.2) is 10.9 Å². The van der Waals surface area contributed by atoms with Crippen molar-refractivity contribution < 1.29 is 14.3 Å². The largest absolute Gasteiger partial charge is 0.362 e. The summed E-state index contributed by atoms with van der Waals surface area (Å²) >= 11 is 0. The standard InChI is InChI=1S/C15H21N3O4/c1-9-7-11(12(19)17-10(9)2)13(20)18-5-6-22-15(3,8-18)14(21)16-4/h7H,5-6,8H2,1-4H3,(H,16,21)(H,17,19)/t15-/m1/s1. The van der Waals surface area contributed by atoms with Crippen molar-refractivity contribution in [2.45, 2.75) is 26.4 Å². The number of carbonyl (C=O) groups excluding carboxylic acids is 2. The van der Waals surface area contributed by atoms with Crippen LogP contribution in [0.1, 0.15) is 28.5 Å². The molecule has 7 heteroatoms. The molecule has 1 saturated heterocycles. The Bertz CT molecular complexity index is 667. The highest BCUT2D eigenvalue weighted by Crippen LogP contribution is 2.19. The van der Waals surface area contributed by atoms with Crippen LogP contribution in [0.4, 0.5) is 0 Å². The van der Waals surface area contributed by atoms with Crippen LogP contribution in [0, 0.1) is 13.8 Å². The minimum Gasteiger partial charge on any atom is -0.362 e. The molecule has 2 N–H and O–H groups in total. The zero-order valence-corrected chi connectivity index (χ0v) is 13.3. The molecule has 0 radical (unpaired) electrons. The van der Waals surface area contributed by atoms with Gasteiger partial charge >= 0.3 is 0 Å². The number of likely N-dealkylation sites (N-methyl/N-ethyl adjacent to an activating group) is 1. The Balaban J connectivity index is 2.28. The lowest BCUT2D eigenvalue weighted by Gasteiger charge is -2.38. The van der Waals surface area contributed by atoms with E-state index in [0.717, 1.165) is 11.3 Å². The Kier molecular flexibility index (Phi) is 4.37. The van der Waals surface area contributed by atoms with Gasteiger partial charge in [0.05, 0.1) is 13.2 Å². The zero-order valence-electron chi connectivity index (χ0n) is 13.3. The van der Waals surface area contributed by atoms with Crippen LogP contribution < -0.4 is 10.9 Å². The van der Waals surface area contributed by atoms with Crippen molar-refractivity contribution in [1.82, 2.24) is 15.2 Å². The van der Waals surface area contributed by atoms with Crippen molar-refractivity contribution >= 4 is 11.8 Å². The second-order valence-electron chi connectivity index (χ2n) is 5.71.